The summed E-state index contributed by atoms with van der Waals surface area (Å²) in [6, 6.07) is 6.62. The van der Waals surface area contributed by atoms with Crippen LogP contribution >= 0.6 is 0 Å². The summed E-state index contributed by atoms with van der Waals surface area (Å²) in [6.07, 6.45) is 0. The monoisotopic (exact) mass is 276 g/mol. The lowest BCUT2D eigenvalue weighted by Crippen LogP contribution is -1.71. The van der Waals surface area contributed by atoms with Crippen molar-refractivity contribution in [1.29, 1.82) is 0 Å². The topological polar surface area (TPSA) is 20.2 Å². The molecule has 0 aliphatic heterocycles. The zero-order valence-electron chi connectivity index (χ0n) is 11.8. The third-order valence-electron chi connectivity index (χ3n) is 1.87. The third kappa shape index (κ3) is 8.11. The van der Waals surface area contributed by atoms with Crippen LogP contribution in [-0.4, -0.2) is 5.11 Å². The van der Waals surface area contributed by atoms with Gasteiger partial charge in [0, 0.05) is 5.56 Å². The Morgan fingerprint density at radius 3 is 1.68 bits per heavy atom. The second kappa shape index (κ2) is 10.8. The van der Waals surface area contributed by atoms with E-state index < -0.39 is 0 Å². The fourth-order valence-corrected chi connectivity index (χ4v) is 1.06. The molecule has 1 aromatic carbocycles. The Morgan fingerprint density at radius 2 is 1.18 bits per heavy atom. The zero-order valence-corrected chi connectivity index (χ0v) is 11.8. The van der Waals surface area contributed by atoms with Gasteiger partial charge in [-0.3, -0.25) is 0 Å². The lowest BCUT2D eigenvalue weighted by Gasteiger charge is -1.89. The summed E-state index contributed by atoms with van der Waals surface area (Å²) in [4.78, 5) is 0. The van der Waals surface area contributed by atoms with E-state index in [9.17, 15) is 5.11 Å². The van der Waals surface area contributed by atoms with Crippen LogP contribution in [0.25, 0.3) is 0 Å². The first-order valence-corrected chi connectivity index (χ1v) is 6.04. The molecule has 22 heavy (non-hydrogen) atoms. The van der Waals surface area contributed by atoms with Crippen molar-refractivity contribution < 1.29 is 5.11 Å². The first kappa shape index (κ1) is 16.0. The highest BCUT2D eigenvalue weighted by molar-refractivity contribution is 5.47. The Hall–Kier alpha value is -4.06. The van der Waals surface area contributed by atoms with Crippen molar-refractivity contribution in [3.05, 3.63) is 29.8 Å². The molecule has 1 rings (SSSR count). The minimum absolute atomic E-state index is 0.169. The Balaban J connectivity index is 2.54. The number of hydrogen-bond donors (Lipinski definition) is 1. The molecule has 0 fully saturated rings. The summed E-state index contributed by atoms with van der Waals surface area (Å²) in [5.41, 5.74) is 0.686. The minimum atomic E-state index is 0.169. The molecule has 1 aromatic rings. The number of benzene rings is 1. The highest BCUT2D eigenvalue weighted by atomic mass is 16.3. The fraction of sp³-hybridized carbons (Fsp3) is 0.0476. The Labute approximate surface area is 131 Å². The van der Waals surface area contributed by atoms with Crippen molar-refractivity contribution in [2.45, 2.75) is 6.92 Å². The molecule has 1 N–H and O–H groups in total. The molecule has 0 aromatic heterocycles. The predicted molar refractivity (Wildman–Crippen MR) is 87.3 cm³/mol. The van der Waals surface area contributed by atoms with Crippen LogP contribution in [0, 0.1) is 82.9 Å². The first-order chi connectivity index (χ1) is 10.8. The molecule has 0 radical (unpaired) electrons. The molecule has 1 nitrogen and oxygen atoms in total. The van der Waals surface area contributed by atoms with Crippen molar-refractivity contribution in [2.75, 3.05) is 0 Å². The van der Waals surface area contributed by atoms with Crippen LogP contribution in [-0.2, 0) is 0 Å². The van der Waals surface area contributed by atoms with Crippen LogP contribution in [0.3, 0.4) is 0 Å². The molecule has 0 spiro atoms. The largest absolute Gasteiger partial charge is 0.508 e. The molecule has 98 valence electrons. The van der Waals surface area contributed by atoms with Gasteiger partial charge in [-0.15, -0.1) is 0 Å². The highest BCUT2D eigenvalue weighted by Gasteiger charge is 1.87. The summed E-state index contributed by atoms with van der Waals surface area (Å²) >= 11 is 0. The molecule has 0 saturated carbocycles. The molecule has 0 atom stereocenters. The van der Waals surface area contributed by atoms with E-state index in [-0.39, 0.29) is 5.75 Å². The number of phenolic OH excluding ortho intramolecular Hbond substituents is 1. The lowest BCUT2D eigenvalue weighted by molar-refractivity contribution is 0.475. The Morgan fingerprint density at radius 1 is 0.682 bits per heavy atom. The summed E-state index contributed by atoms with van der Waals surface area (Å²) in [7, 11) is 0. The normalized spacial score (nSPS) is 5.86. The van der Waals surface area contributed by atoms with Gasteiger partial charge in [0.2, 0.25) is 0 Å². The SMILES string of the molecule is CC#CC#CC#CC#CC#CC#CC#Cc1cccc(O)c1. The molecule has 1 heteroatoms. The maximum Gasteiger partial charge on any atom is 0.116 e. The van der Waals surface area contributed by atoms with Crippen LogP contribution in [0.5, 0.6) is 5.75 Å². The van der Waals surface area contributed by atoms with Gasteiger partial charge in [0.25, 0.3) is 0 Å². The van der Waals surface area contributed by atoms with Gasteiger partial charge in [-0.2, -0.15) is 0 Å². The van der Waals surface area contributed by atoms with Gasteiger partial charge < -0.3 is 5.11 Å². The van der Waals surface area contributed by atoms with Crippen molar-refractivity contribution in [1.82, 2.24) is 0 Å². The number of rotatable bonds is 0. The van der Waals surface area contributed by atoms with Crippen molar-refractivity contribution in [2.24, 2.45) is 0 Å². The van der Waals surface area contributed by atoms with Gasteiger partial charge >= 0.3 is 0 Å². The van der Waals surface area contributed by atoms with E-state index in [1.165, 1.54) is 0 Å². The molecule has 0 unspecified atom stereocenters. The lowest BCUT2D eigenvalue weighted by atomic mass is 10.2. The average Bonchev–Trinajstić information content (AvgIpc) is 2.52. The van der Waals surface area contributed by atoms with Gasteiger partial charge in [-0.05, 0) is 96.2 Å². The van der Waals surface area contributed by atoms with E-state index >= 15 is 0 Å². The smallest absolute Gasteiger partial charge is 0.116 e. The van der Waals surface area contributed by atoms with Crippen LogP contribution in [0.4, 0.5) is 0 Å². The van der Waals surface area contributed by atoms with E-state index in [0.29, 0.717) is 5.56 Å². The van der Waals surface area contributed by atoms with Gasteiger partial charge in [0.1, 0.15) is 5.75 Å². The van der Waals surface area contributed by atoms with Gasteiger partial charge in [0.05, 0.1) is 0 Å². The predicted octanol–water partition coefficient (Wildman–Crippen LogP) is 1.78. The van der Waals surface area contributed by atoms with E-state index in [0.717, 1.165) is 0 Å². The van der Waals surface area contributed by atoms with E-state index in [1.807, 2.05) is 0 Å². The summed E-state index contributed by atoms with van der Waals surface area (Å²) in [6.45, 7) is 1.70. The van der Waals surface area contributed by atoms with Crippen LogP contribution in [0.1, 0.15) is 12.5 Å². The second-order valence-corrected chi connectivity index (χ2v) is 3.43. The van der Waals surface area contributed by atoms with Gasteiger partial charge in [-0.25, -0.2) is 0 Å². The highest BCUT2D eigenvalue weighted by Crippen LogP contribution is 2.08. The van der Waals surface area contributed by atoms with E-state index in [2.05, 4.69) is 82.9 Å². The third-order valence-corrected chi connectivity index (χ3v) is 1.87. The second-order valence-electron chi connectivity index (χ2n) is 3.43. The van der Waals surface area contributed by atoms with E-state index in [1.54, 1.807) is 31.2 Å². The van der Waals surface area contributed by atoms with Crippen LogP contribution in [0.15, 0.2) is 24.3 Å². The van der Waals surface area contributed by atoms with Crippen molar-refractivity contribution in [3.8, 4) is 88.6 Å². The summed E-state index contributed by atoms with van der Waals surface area (Å²) < 4.78 is 0. The van der Waals surface area contributed by atoms with Crippen LogP contribution < -0.4 is 0 Å². The summed E-state index contributed by atoms with van der Waals surface area (Å²) in [5.74, 6) is 36.1. The molecule has 0 saturated heterocycles. The van der Waals surface area contributed by atoms with E-state index in [4.69, 9.17) is 0 Å². The maximum absolute atomic E-state index is 9.25. The number of aromatic hydroxyl groups is 1. The van der Waals surface area contributed by atoms with Crippen LogP contribution in [0.2, 0.25) is 0 Å². The molecule has 0 bridgehead atoms. The molecular formula is C21H8O. The molecule has 0 aliphatic rings. The minimum Gasteiger partial charge on any atom is -0.508 e. The Bertz CT molecular complexity index is 976. The first-order valence-electron chi connectivity index (χ1n) is 6.04. The molecule has 0 heterocycles. The molecule has 0 amide bonds. The van der Waals surface area contributed by atoms with Gasteiger partial charge in [0.15, 0.2) is 0 Å². The quantitative estimate of drug-likeness (QED) is 0.716. The van der Waals surface area contributed by atoms with Crippen molar-refractivity contribution >= 4 is 0 Å². The Kier molecular flexibility index (Phi) is 7.87. The van der Waals surface area contributed by atoms with Gasteiger partial charge in [-0.1, -0.05) is 17.9 Å². The number of phenols is 1. The van der Waals surface area contributed by atoms with Crippen molar-refractivity contribution in [3.63, 3.8) is 0 Å². The number of hydrogen-bond acceptors (Lipinski definition) is 1. The zero-order chi connectivity index (χ0) is 15.9. The maximum atomic E-state index is 9.25. The molecular weight excluding hydrogens is 268 g/mol. The fourth-order valence-electron chi connectivity index (χ4n) is 1.06. The standard InChI is InChI=1S/C21H8O/c1-2-3-4-5-6-7-8-9-10-11-12-13-14-16-20-17-15-18-21(22)19-20/h15,17-19,22H,1H3. The summed E-state index contributed by atoms with van der Waals surface area (Å²) in [5, 5.41) is 9.25. The average molecular weight is 276 g/mol. The molecule has 0 aliphatic carbocycles.